The molecule has 1 aromatic heterocycles. The van der Waals surface area contributed by atoms with Crippen molar-refractivity contribution in [2.75, 3.05) is 27.2 Å². The molecule has 0 N–H and O–H groups in total. The first-order chi connectivity index (χ1) is 9.69. The zero-order valence-corrected chi connectivity index (χ0v) is 13.4. The van der Waals surface area contributed by atoms with Crippen LogP contribution in [0.4, 0.5) is 13.2 Å². The summed E-state index contributed by atoms with van der Waals surface area (Å²) in [5.41, 5.74) is 1.07. The number of alkyl halides is 3. The second kappa shape index (κ2) is 7.79. The van der Waals surface area contributed by atoms with Crippen LogP contribution in [0.2, 0.25) is 0 Å². The molecule has 1 heterocycles. The molecule has 0 unspecified atom stereocenters. The van der Waals surface area contributed by atoms with Crippen molar-refractivity contribution in [1.82, 2.24) is 9.80 Å². The quantitative estimate of drug-likeness (QED) is 0.769. The summed E-state index contributed by atoms with van der Waals surface area (Å²) in [6.45, 7) is 3.38. The van der Waals surface area contributed by atoms with E-state index in [4.69, 9.17) is 0 Å². The minimum absolute atomic E-state index is 0.383. The number of hydrogen-bond donors (Lipinski definition) is 0. The zero-order valence-electron chi connectivity index (χ0n) is 12.5. The molecule has 0 atom stereocenters. The van der Waals surface area contributed by atoms with Crippen LogP contribution < -0.4 is 0 Å². The highest BCUT2D eigenvalue weighted by Crippen LogP contribution is 2.23. The van der Waals surface area contributed by atoms with Gasteiger partial charge in [-0.1, -0.05) is 0 Å². The molecule has 0 spiro atoms. The number of halogens is 3. The van der Waals surface area contributed by atoms with E-state index in [1.54, 1.807) is 0 Å². The van der Waals surface area contributed by atoms with Crippen molar-refractivity contribution >= 4 is 17.2 Å². The molecule has 1 rings (SSSR count). The summed E-state index contributed by atoms with van der Waals surface area (Å²) in [6.07, 6.45) is -5.84. The van der Waals surface area contributed by atoms with Crippen molar-refractivity contribution in [3.63, 3.8) is 0 Å². The number of hydrogen-bond acceptors (Lipinski definition) is 3. The number of carbonyl (C=O) groups is 1. The maximum Gasteiger partial charge on any atom is 0.389 e. The van der Waals surface area contributed by atoms with Crippen LogP contribution >= 0.6 is 11.3 Å². The SMILES string of the molecule is Cc1ccsc1CN(CCN(C)C)C(=O)CCC(F)(F)F. The fraction of sp³-hybridized carbons (Fsp3) is 0.643. The molecule has 0 aromatic carbocycles. The fourth-order valence-corrected chi connectivity index (χ4v) is 2.68. The second-order valence-electron chi connectivity index (χ2n) is 5.26. The van der Waals surface area contributed by atoms with Crippen LogP contribution in [0.1, 0.15) is 23.3 Å². The van der Waals surface area contributed by atoms with Crippen molar-refractivity contribution < 1.29 is 18.0 Å². The molecule has 0 aliphatic heterocycles. The average Bonchev–Trinajstić information content (AvgIpc) is 2.76. The molecule has 0 saturated carbocycles. The Morgan fingerprint density at radius 2 is 1.95 bits per heavy atom. The van der Waals surface area contributed by atoms with Crippen LogP contribution in [-0.2, 0) is 11.3 Å². The maximum absolute atomic E-state index is 12.3. The predicted octanol–water partition coefficient (Wildman–Crippen LogP) is 3.29. The van der Waals surface area contributed by atoms with Crippen molar-refractivity contribution in [2.45, 2.75) is 32.5 Å². The molecule has 21 heavy (non-hydrogen) atoms. The molecule has 1 aromatic rings. The standard InChI is InChI=1S/C14H21F3N2OS/c1-11-5-9-21-12(11)10-19(8-7-18(2)3)13(20)4-6-14(15,16)17/h5,9H,4,6-8,10H2,1-3H3. The molecule has 1 amide bonds. The second-order valence-corrected chi connectivity index (χ2v) is 6.26. The summed E-state index contributed by atoms with van der Waals surface area (Å²) >= 11 is 1.52. The highest BCUT2D eigenvalue weighted by Gasteiger charge is 2.29. The smallest absolute Gasteiger partial charge is 0.336 e. The van der Waals surface area contributed by atoms with Crippen LogP contribution in [-0.4, -0.2) is 49.1 Å². The molecule has 7 heteroatoms. The third-order valence-electron chi connectivity index (χ3n) is 3.09. The molecule has 0 saturated heterocycles. The lowest BCUT2D eigenvalue weighted by molar-refractivity contribution is -0.149. The lowest BCUT2D eigenvalue weighted by atomic mass is 10.2. The monoisotopic (exact) mass is 322 g/mol. The van der Waals surface area contributed by atoms with Gasteiger partial charge in [-0.2, -0.15) is 13.2 Å². The number of carbonyl (C=O) groups excluding carboxylic acids is 1. The summed E-state index contributed by atoms with van der Waals surface area (Å²) in [6, 6.07) is 1.95. The molecule has 120 valence electrons. The molecular weight excluding hydrogens is 301 g/mol. The van der Waals surface area contributed by atoms with Gasteiger partial charge in [-0.3, -0.25) is 4.79 Å². The van der Waals surface area contributed by atoms with Crippen LogP contribution in [0.25, 0.3) is 0 Å². The maximum atomic E-state index is 12.3. The molecule has 3 nitrogen and oxygen atoms in total. The van der Waals surface area contributed by atoms with E-state index in [0.717, 1.165) is 10.4 Å². The van der Waals surface area contributed by atoms with Crippen molar-refractivity contribution in [3.05, 3.63) is 21.9 Å². The molecule has 0 fully saturated rings. The number of amides is 1. The summed E-state index contributed by atoms with van der Waals surface area (Å²) in [5.74, 6) is -0.443. The van der Waals surface area contributed by atoms with E-state index in [9.17, 15) is 18.0 Å². The Kier molecular flexibility index (Phi) is 6.67. The molecule has 0 bridgehead atoms. The molecule has 0 aliphatic carbocycles. The Morgan fingerprint density at radius 1 is 1.29 bits per heavy atom. The van der Waals surface area contributed by atoms with Gasteiger partial charge in [0.15, 0.2) is 0 Å². The van der Waals surface area contributed by atoms with Gasteiger partial charge in [-0.05, 0) is 38.0 Å². The third kappa shape index (κ3) is 6.95. The summed E-state index contributed by atoms with van der Waals surface area (Å²) < 4.78 is 36.8. The van der Waals surface area contributed by atoms with E-state index in [1.807, 2.05) is 37.4 Å². The van der Waals surface area contributed by atoms with Gasteiger partial charge in [-0.15, -0.1) is 11.3 Å². The van der Waals surface area contributed by atoms with Gasteiger partial charge in [-0.25, -0.2) is 0 Å². The number of nitrogens with zero attached hydrogens (tertiary/aromatic N) is 2. The van der Waals surface area contributed by atoms with Gasteiger partial charge in [0, 0.05) is 24.4 Å². The highest BCUT2D eigenvalue weighted by atomic mass is 32.1. The lowest BCUT2D eigenvalue weighted by Gasteiger charge is -2.24. The van der Waals surface area contributed by atoms with Crippen LogP contribution in [0.3, 0.4) is 0 Å². The highest BCUT2D eigenvalue weighted by molar-refractivity contribution is 7.10. The lowest BCUT2D eigenvalue weighted by Crippen LogP contribution is -2.36. The molecular formula is C14H21F3N2OS. The Labute approximate surface area is 127 Å². The van der Waals surface area contributed by atoms with E-state index >= 15 is 0 Å². The van der Waals surface area contributed by atoms with Crippen molar-refractivity contribution in [2.24, 2.45) is 0 Å². The average molecular weight is 322 g/mol. The first-order valence-corrected chi connectivity index (χ1v) is 7.59. The van der Waals surface area contributed by atoms with E-state index < -0.39 is 24.9 Å². The molecule has 0 aliphatic rings. The molecule has 0 radical (unpaired) electrons. The number of rotatable bonds is 7. The summed E-state index contributed by atoms with van der Waals surface area (Å²) in [7, 11) is 3.74. The van der Waals surface area contributed by atoms with Crippen molar-refractivity contribution in [3.8, 4) is 0 Å². The minimum atomic E-state index is -4.29. The largest absolute Gasteiger partial charge is 0.389 e. The Morgan fingerprint density at radius 3 is 2.43 bits per heavy atom. The Balaban J connectivity index is 2.67. The van der Waals surface area contributed by atoms with Gasteiger partial charge >= 0.3 is 6.18 Å². The first-order valence-electron chi connectivity index (χ1n) is 6.71. The van der Waals surface area contributed by atoms with Crippen LogP contribution in [0, 0.1) is 6.92 Å². The van der Waals surface area contributed by atoms with E-state index in [0.29, 0.717) is 19.6 Å². The van der Waals surface area contributed by atoms with Gasteiger partial charge in [0.1, 0.15) is 0 Å². The Hall–Kier alpha value is -1.08. The van der Waals surface area contributed by atoms with Gasteiger partial charge in [0.2, 0.25) is 5.91 Å². The van der Waals surface area contributed by atoms with Crippen LogP contribution in [0.5, 0.6) is 0 Å². The third-order valence-corrected chi connectivity index (χ3v) is 4.10. The van der Waals surface area contributed by atoms with Crippen molar-refractivity contribution in [1.29, 1.82) is 0 Å². The van der Waals surface area contributed by atoms with Gasteiger partial charge in [0.25, 0.3) is 0 Å². The number of thiophene rings is 1. The summed E-state index contributed by atoms with van der Waals surface area (Å²) in [5, 5.41) is 1.93. The van der Waals surface area contributed by atoms with Crippen LogP contribution in [0.15, 0.2) is 11.4 Å². The normalized spacial score (nSPS) is 12.0. The predicted molar refractivity (Wildman–Crippen MR) is 78.3 cm³/mol. The zero-order chi connectivity index (χ0) is 16.0. The van der Waals surface area contributed by atoms with E-state index in [-0.39, 0.29) is 0 Å². The van der Waals surface area contributed by atoms with Gasteiger partial charge in [0.05, 0.1) is 13.0 Å². The summed E-state index contributed by atoms with van der Waals surface area (Å²) in [4.78, 5) is 16.5. The van der Waals surface area contributed by atoms with E-state index in [2.05, 4.69) is 0 Å². The number of likely N-dealkylation sites (N-methyl/N-ethyl adjacent to an activating group) is 1. The topological polar surface area (TPSA) is 23.6 Å². The Bertz CT molecular complexity index is 457. The number of aryl methyl sites for hydroxylation is 1. The first kappa shape index (κ1) is 18.0. The van der Waals surface area contributed by atoms with E-state index in [1.165, 1.54) is 16.2 Å². The fourth-order valence-electron chi connectivity index (χ4n) is 1.76. The minimum Gasteiger partial charge on any atom is -0.336 e. The van der Waals surface area contributed by atoms with Gasteiger partial charge < -0.3 is 9.80 Å².